The van der Waals surface area contributed by atoms with E-state index >= 15 is 0 Å². The van der Waals surface area contributed by atoms with Crippen LogP contribution >= 0.6 is 0 Å². The van der Waals surface area contributed by atoms with E-state index in [0.717, 1.165) is 44.3 Å². The van der Waals surface area contributed by atoms with Crippen LogP contribution in [0.5, 0.6) is 0 Å². The second-order valence-corrected chi connectivity index (χ2v) is 8.23. The van der Waals surface area contributed by atoms with Gasteiger partial charge in [0.1, 0.15) is 6.10 Å². The molecule has 1 aliphatic rings. The fraction of sp³-hybridized carbons (Fsp3) is 0.696. The van der Waals surface area contributed by atoms with Crippen LogP contribution < -0.4 is 16.2 Å². The normalized spacial score (nSPS) is 17.1. The highest BCUT2D eigenvalue weighted by molar-refractivity contribution is 5.82. The van der Waals surface area contributed by atoms with Crippen LogP contribution in [0.3, 0.4) is 0 Å². The monoisotopic (exact) mass is 389 g/mol. The Morgan fingerprint density at radius 2 is 1.82 bits per heavy atom. The Kier molecular flexibility index (Phi) is 10.4. The highest BCUT2D eigenvalue weighted by atomic mass is 16.3. The van der Waals surface area contributed by atoms with E-state index < -0.39 is 18.1 Å². The Morgan fingerprint density at radius 1 is 1.14 bits per heavy atom. The van der Waals surface area contributed by atoms with Gasteiger partial charge >= 0.3 is 0 Å². The summed E-state index contributed by atoms with van der Waals surface area (Å²) >= 11 is 0. The fourth-order valence-electron chi connectivity index (χ4n) is 4.06. The molecule has 1 aliphatic carbocycles. The molecule has 1 aromatic carbocycles. The first kappa shape index (κ1) is 22.7. The second kappa shape index (κ2) is 12.8. The van der Waals surface area contributed by atoms with Gasteiger partial charge in [-0.25, -0.2) is 0 Å². The van der Waals surface area contributed by atoms with Crippen LogP contribution in [-0.4, -0.2) is 29.7 Å². The van der Waals surface area contributed by atoms with Crippen molar-refractivity contribution in [3.63, 3.8) is 0 Å². The number of aliphatic hydroxyl groups is 1. The average Bonchev–Trinajstić information content (AvgIpc) is 2.73. The molecule has 1 amide bonds. The van der Waals surface area contributed by atoms with Crippen molar-refractivity contribution >= 4 is 11.6 Å². The lowest BCUT2D eigenvalue weighted by Crippen LogP contribution is -2.53. The number of nitrogens with zero attached hydrogens (tertiary/aromatic N) is 1. The number of aliphatic hydroxyl groups excluding tert-OH is 1. The summed E-state index contributed by atoms with van der Waals surface area (Å²) in [6.45, 7) is 2.93. The number of unbranched alkanes of at least 4 members (excludes halogenated alkanes) is 4. The van der Waals surface area contributed by atoms with Crippen molar-refractivity contribution in [2.45, 2.75) is 89.7 Å². The predicted octanol–water partition coefficient (Wildman–Crippen LogP) is 4.15. The van der Waals surface area contributed by atoms with Crippen LogP contribution in [0.15, 0.2) is 30.3 Å². The minimum atomic E-state index is -1.17. The number of hydrogen-bond acceptors (Lipinski definition) is 4. The van der Waals surface area contributed by atoms with Gasteiger partial charge in [0.05, 0.1) is 5.69 Å². The lowest BCUT2D eigenvalue weighted by molar-refractivity contribution is -0.130. The average molecular weight is 390 g/mol. The smallest absolute Gasteiger partial charge is 0.268 e. The first-order chi connectivity index (χ1) is 13.6. The molecule has 0 aromatic heterocycles. The van der Waals surface area contributed by atoms with E-state index in [1.165, 1.54) is 38.5 Å². The van der Waals surface area contributed by atoms with Crippen molar-refractivity contribution < 1.29 is 9.90 Å². The number of benzene rings is 1. The van der Waals surface area contributed by atoms with Crippen molar-refractivity contribution in [3.8, 4) is 0 Å². The molecule has 0 radical (unpaired) electrons. The van der Waals surface area contributed by atoms with E-state index in [1.54, 1.807) is 0 Å². The zero-order chi connectivity index (χ0) is 20.2. The summed E-state index contributed by atoms with van der Waals surface area (Å²) in [5, 5.41) is 12.3. The second-order valence-electron chi connectivity index (χ2n) is 8.23. The Labute approximate surface area is 170 Å². The molecule has 158 valence electrons. The number of nitrogens with two attached hydrogens (primary N) is 1. The number of nitrogens with one attached hydrogen (secondary N) is 1. The zero-order valence-electron chi connectivity index (χ0n) is 17.5. The van der Waals surface area contributed by atoms with Crippen molar-refractivity contribution in [2.24, 2.45) is 11.7 Å². The van der Waals surface area contributed by atoms with Gasteiger partial charge in [-0.05, 0) is 30.9 Å². The van der Waals surface area contributed by atoms with E-state index in [1.807, 2.05) is 35.3 Å². The lowest BCUT2D eigenvalue weighted by Gasteiger charge is -2.30. The first-order valence-corrected chi connectivity index (χ1v) is 11.2. The van der Waals surface area contributed by atoms with Gasteiger partial charge in [-0.15, -0.1) is 0 Å². The number of rotatable bonds is 12. The standard InChI is InChI=1S/C23H39N3O2/c1-2-3-4-5-12-17-26(20-15-10-7-11-16-20)25-23(28)22(27)21(24)18-19-13-8-6-9-14-19/h7,10-11,15-16,19,21-22,27H,2-6,8-9,12-14,17-18,24H2,1H3,(H,25,28)/t21-,22?/m1/s1. The molecule has 0 spiro atoms. The number of para-hydroxylation sites is 1. The van der Waals surface area contributed by atoms with Crippen molar-refractivity contribution in [3.05, 3.63) is 30.3 Å². The molecule has 5 heteroatoms. The third-order valence-corrected chi connectivity index (χ3v) is 5.80. The van der Waals surface area contributed by atoms with Crippen LogP contribution in [0.2, 0.25) is 0 Å². The van der Waals surface area contributed by atoms with Gasteiger partial charge < -0.3 is 10.8 Å². The molecular weight excluding hydrogens is 350 g/mol. The van der Waals surface area contributed by atoms with Gasteiger partial charge in [-0.3, -0.25) is 15.2 Å². The number of amides is 1. The van der Waals surface area contributed by atoms with Crippen LogP contribution in [0, 0.1) is 5.92 Å². The maximum absolute atomic E-state index is 12.7. The maximum Gasteiger partial charge on any atom is 0.268 e. The Morgan fingerprint density at radius 3 is 2.50 bits per heavy atom. The summed E-state index contributed by atoms with van der Waals surface area (Å²) in [5.74, 6) is 0.135. The summed E-state index contributed by atoms with van der Waals surface area (Å²) in [6, 6.07) is 9.31. The van der Waals surface area contributed by atoms with Gasteiger partial charge in [0.2, 0.25) is 0 Å². The highest BCUT2D eigenvalue weighted by Crippen LogP contribution is 2.27. The molecule has 1 saturated carbocycles. The molecule has 28 heavy (non-hydrogen) atoms. The molecule has 1 fully saturated rings. The SMILES string of the molecule is CCCCCCCN(NC(=O)C(O)[C@H](N)CC1CCCCC1)c1ccccc1. The Balaban J connectivity index is 1.88. The molecule has 1 aromatic rings. The molecule has 5 nitrogen and oxygen atoms in total. The number of hydrazine groups is 1. The van der Waals surface area contributed by atoms with Gasteiger partial charge in [0.15, 0.2) is 0 Å². The summed E-state index contributed by atoms with van der Waals surface area (Å²) in [6.07, 6.45) is 11.4. The Bertz CT molecular complexity index is 546. The molecule has 0 heterocycles. The molecule has 1 unspecified atom stereocenters. The minimum Gasteiger partial charge on any atom is -0.382 e. The topological polar surface area (TPSA) is 78.6 Å². The van der Waals surface area contributed by atoms with E-state index in [2.05, 4.69) is 12.3 Å². The maximum atomic E-state index is 12.7. The summed E-state index contributed by atoms with van der Waals surface area (Å²) < 4.78 is 0. The first-order valence-electron chi connectivity index (χ1n) is 11.2. The highest BCUT2D eigenvalue weighted by Gasteiger charge is 2.27. The Hall–Kier alpha value is -1.59. The fourth-order valence-corrected chi connectivity index (χ4v) is 4.06. The lowest BCUT2D eigenvalue weighted by atomic mass is 9.84. The molecule has 0 saturated heterocycles. The molecule has 4 N–H and O–H groups in total. The largest absolute Gasteiger partial charge is 0.382 e. The quantitative estimate of drug-likeness (QED) is 0.371. The van der Waals surface area contributed by atoms with Crippen molar-refractivity contribution in [2.75, 3.05) is 11.6 Å². The minimum absolute atomic E-state index is 0.402. The number of carbonyl (C=O) groups excluding carboxylic acids is 1. The van der Waals surface area contributed by atoms with E-state index in [0.29, 0.717) is 5.92 Å². The molecule has 0 bridgehead atoms. The van der Waals surface area contributed by atoms with Crippen LogP contribution in [0.25, 0.3) is 0 Å². The molecule has 0 aliphatic heterocycles. The summed E-state index contributed by atoms with van der Waals surface area (Å²) in [7, 11) is 0. The van der Waals surface area contributed by atoms with Crippen LogP contribution in [0.4, 0.5) is 5.69 Å². The van der Waals surface area contributed by atoms with Crippen molar-refractivity contribution in [1.82, 2.24) is 5.43 Å². The van der Waals surface area contributed by atoms with Crippen molar-refractivity contribution in [1.29, 1.82) is 0 Å². The van der Waals surface area contributed by atoms with Gasteiger partial charge in [0, 0.05) is 12.6 Å². The van der Waals surface area contributed by atoms with E-state index in [4.69, 9.17) is 5.73 Å². The third-order valence-electron chi connectivity index (χ3n) is 5.80. The predicted molar refractivity (Wildman–Crippen MR) is 116 cm³/mol. The summed E-state index contributed by atoms with van der Waals surface area (Å²) in [5.41, 5.74) is 10.0. The zero-order valence-corrected chi connectivity index (χ0v) is 17.5. The summed E-state index contributed by atoms with van der Waals surface area (Å²) in [4.78, 5) is 12.7. The number of carbonyl (C=O) groups is 1. The van der Waals surface area contributed by atoms with E-state index in [-0.39, 0.29) is 0 Å². The van der Waals surface area contributed by atoms with Crippen LogP contribution in [-0.2, 0) is 4.79 Å². The number of hydrogen-bond donors (Lipinski definition) is 3. The van der Waals surface area contributed by atoms with E-state index in [9.17, 15) is 9.90 Å². The molecular formula is C23H39N3O2. The number of anilines is 1. The van der Waals surface area contributed by atoms with Gasteiger partial charge in [-0.1, -0.05) is 82.9 Å². The molecule has 2 atom stereocenters. The van der Waals surface area contributed by atoms with Gasteiger partial charge in [0.25, 0.3) is 5.91 Å². The third kappa shape index (κ3) is 7.80. The van der Waals surface area contributed by atoms with Crippen LogP contribution in [0.1, 0.15) is 77.6 Å². The van der Waals surface area contributed by atoms with Gasteiger partial charge in [-0.2, -0.15) is 0 Å². The molecule has 2 rings (SSSR count).